The molecule has 2 atom stereocenters. The van der Waals surface area contributed by atoms with E-state index in [0.717, 1.165) is 12.8 Å². The fraction of sp³-hybridized carbons (Fsp3) is 0.500. The Morgan fingerprint density at radius 2 is 2.05 bits per heavy atom. The first-order valence-corrected chi connectivity index (χ1v) is 7.19. The number of benzene rings is 1. The van der Waals surface area contributed by atoms with Crippen LogP contribution in [0.1, 0.15) is 38.2 Å². The molecule has 108 valence electrons. The number of hydrogen-bond acceptors (Lipinski definition) is 2. The lowest BCUT2D eigenvalue weighted by molar-refractivity contribution is -0.136. The fourth-order valence-electron chi connectivity index (χ4n) is 2.69. The standard InChI is InChI=1S/C16H22N2O2/c1-12(14-7-4-3-5-8-14)11-17-16(20)15-9-6-10-18(15)13(2)19/h3-5,7-8,12,15H,6,9-11H2,1-2H3,(H,17,20)/t12-,15-/m0/s1. The van der Waals surface area contributed by atoms with E-state index < -0.39 is 0 Å². The molecule has 2 rings (SSSR count). The average molecular weight is 274 g/mol. The first-order chi connectivity index (χ1) is 9.59. The molecule has 0 aliphatic carbocycles. The first kappa shape index (κ1) is 14.6. The molecule has 1 aliphatic rings. The van der Waals surface area contributed by atoms with Crippen molar-refractivity contribution in [2.45, 2.75) is 38.6 Å². The van der Waals surface area contributed by atoms with E-state index in [0.29, 0.717) is 13.1 Å². The number of nitrogens with one attached hydrogen (secondary N) is 1. The first-order valence-electron chi connectivity index (χ1n) is 7.19. The van der Waals surface area contributed by atoms with E-state index in [4.69, 9.17) is 0 Å². The van der Waals surface area contributed by atoms with Crippen molar-refractivity contribution in [3.8, 4) is 0 Å². The summed E-state index contributed by atoms with van der Waals surface area (Å²) in [5.41, 5.74) is 1.21. The fourth-order valence-corrected chi connectivity index (χ4v) is 2.69. The maximum Gasteiger partial charge on any atom is 0.242 e. The van der Waals surface area contributed by atoms with Crippen LogP contribution in [-0.4, -0.2) is 35.8 Å². The Hall–Kier alpha value is -1.84. The largest absolute Gasteiger partial charge is 0.354 e. The third-order valence-corrected chi connectivity index (χ3v) is 3.91. The molecule has 0 aromatic heterocycles. The number of rotatable bonds is 4. The van der Waals surface area contributed by atoms with Crippen LogP contribution in [0, 0.1) is 0 Å². The Morgan fingerprint density at radius 1 is 1.35 bits per heavy atom. The van der Waals surface area contributed by atoms with Crippen molar-refractivity contribution in [1.29, 1.82) is 0 Å². The van der Waals surface area contributed by atoms with Gasteiger partial charge in [0.15, 0.2) is 0 Å². The van der Waals surface area contributed by atoms with Crippen LogP contribution in [0.2, 0.25) is 0 Å². The van der Waals surface area contributed by atoms with Gasteiger partial charge in [0.05, 0.1) is 0 Å². The van der Waals surface area contributed by atoms with Crippen LogP contribution >= 0.6 is 0 Å². The second-order valence-electron chi connectivity index (χ2n) is 5.43. The summed E-state index contributed by atoms with van der Waals surface area (Å²) in [5, 5.41) is 2.97. The molecule has 0 unspecified atom stereocenters. The third-order valence-electron chi connectivity index (χ3n) is 3.91. The molecule has 4 heteroatoms. The van der Waals surface area contributed by atoms with E-state index in [-0.39, 0.29) is 23.8 Å². The maximum atomic E-state index is 12.2. The summed E-state index contributed by atoms with van der Waals surface area (Å²) in [6.07, 6.45) is 1.68. The Kier molecular flexibility index (Phi) is 4.77. The Bertz CT molecular complexity index is 473. The number of carbonyl (C=O) groups excluding carboxylic acids is 2. The van der Waals surface area contributed by atoms with Crippen molar-refractivity contribution in [3.05, 3.63) is 35.9 Å². The summed E-state index contributed by atoms with van der Waals surface area (Å²) in [6, 6.07) is 9.83. The van der Waals surface area contributed by atoms with Crippen LogP contribution in [0.15, 0.2) is 30.3 Å². The van der Waals surface area contributed by atoms with E-state index in [1.807, 2.05) is 18.2 Å². The Balaban J connectivity index is 1.87. The molecule has 20 heavy (non-hydrogen) atoms. The highest BCUT2D eigenvalue weighted by Crippen LogP contribution is 2.18. The summed E-state index contributed by atoms with van der Waals surface area (Å²) in [6.45, 7) is 4.91. The van der Waals surface area contributed by atoms with Gasteiger partial charge in [-0.3, -0.25) is 9.59 Å². The van der Waals surface area contributed by atoms with Crippen molar-refractivity contribution in [2.24, 2.45) is 0 Å². The molecule has 0 spiro atoms. The zero-order chi connectivity index (χ0) is 14.5. The monoisotopic (exact) mass is 274 g/mol. The summed E-state index contributed by atoms with van der Waals surface area (Å²) in [4.78, 5) is 25.3. The highest BCUT2D eigenvalue weighted by atomic mass is 16.2. The number of carbonyl (C=O) groups is 2. The molecular formula is C16H22N2O2. The predicted molar refractivity (Wildman–Crippen MR) is 78.3 cm³/mol. The molecule has 1 fully saturated rings. The minimum absolute atomic E-state index is 0.0150. The van der Waals surface area contributed by atoms with Gasteiger partial charge in [-0.15, -0.1) is 0 Å². The summed E-state index contributed by atoms with van der Waals surface area (Å²) < 4.78 is 0. The Morgan fingerprint density at radius 3 is 2.70 bits per heavy atom. The van der Waals surface area contributed by atoms with Crippen LogP contribution in [0.3, 0.4) is 0 Å². The van der Waals surface area contributed by atoms with Gasteiger partial charge >= 0.3 is 0 Å². The number of likely N-dealkylation sites (tertiary alicyclic amines) is 1. The molecule has 1 aliphatic heterocycles. The van der Waals surface area contributed by atoms with Crippen LogP contribution < -0.4 is 5.32 Å². The van der Waals surface area contributed by atoms with E-state index in [2.05, 4.69) is 24.4 Å². The van der Waals surface area contributed by atoms with Gasteiger partial charge in [0, 0.05) is 20.0 Å². The van der Waals surface area contributed by atoms with Crippen LogP contribution in [-0.2, 0) is 9.59 Å². The van der Waals surface area contributed by atoms with E-state index >= 15 is 0 Å². The van der Waals surface area contributed by atoms with Crippen molar-refractivity contribution >= 4 is 11.8 Å². The molecule has 1 saturated heterocycles. The molecule has 1 heterocycles. The minimum atomic E-state index is -0.282. The van der Waals surface area contributed by atoms with E-state index in [1.54, 1.807) is 4.90 Å². The minimum Gasteiger partial charge on any atom is -0.354 e. The molecule has 0 saturated carbocycles. The number of nitrogens with zero attached hydrogens (tertiary/aromatic N) is 1. The van der Waals surface area contributed by atoms with Gasteiger partial charge in [-0.25, -0.2) is 0 Å². The highest BCUT2D eigenvalue weighted by Gasteiger charge is 2.32. The second kappa shape index (κ2) is 6.55. The summed E-state index contributed by atoms with van der Waals surface area (Å²) in [7, 11) is 0. The van der Waals surface area contributed by atoms with Gasteiger partial charge in [-0.1, -0.05) is 37.3 Å². The van der Waals surface area contributed by atoms with Gasteiger partial charge in [0.25, 0.3) is 0 Å². The van der Waals surface area contributed by atoms with Gasteiger partial charge in [-0.05, 0) is 24.3 Å². The van der Waals surface area contributed by atoms with Crippen molar-refractivity contribution in [3.63, 3.8) is 0 Å². The summed E-state index contributed by atoms with van der Waals surface area (Å²) in [5.74, 6) is 0.228. The zero-order valence-electron chi connectivity index (χ0n) is 12.1. The van der Waals surface area contributed by atoms with Gasteiger partial charge in [0.1, 0.15) is 6.04 Å². The predicted octanol–water partition coefficient (Wildman–Crippen LogP) is 1.92. The lowest BCUT2D eigenvalue weighted by Crippen LogP contribution is -2.45. The van der Waals surface area contributed by atoms with Crippen molar-refractivity contribution in [1.82, 2.24) is 10.2 Å². The smallest absolute Gasteiger partial charge is 0.242 e. The van der Waals surface area contributed by atoms with E-state index in [9.17, 15) is 9.59 Å². The van der Waals surface area contributed by atoms with Crippen molar-refractivity contribution < 1.29 is 9.59 Å². The van der Waals surface area contributed by atoms with Gasteiger partial charge in [-0.2, -0.15) is 0 Å². The SMILES string of the molecule is CC(=O)N1CCC[C@H]1C(=O)NC[C@H](C)c1ccccc1. The molecule has 0 bridgehead atoms. The molecule has 0 radical (unpaired) electrons. The van der Waals surface area contributed by atoms with Crippen LogP contribution in [0.5, 0.6) is 0 Å². The highest BCUT2D eigenvalue weighted by molar-refractivity contribution is 5.87. The van der Waals surface area contributed by atoms with Gasteiger partial charge in [0.2, 0.25) is 11.8 Å². The normalized spacial score (nSPS) is 19.7. The maximum absolute atomic E-state index is 12.2. The molecule has 2 amide bonds. The lowest BCUT2D eigenvalue weighted by atomic mass is 10.0. The average Bonchev–Trinajstić information content (AvgIpc) is 2.95. The lowest BCUT2D eigenvalue weighted by Gasteiger charge is -2.23. The molecule has 1 aromatic carbocycles. The number of amides is 2. The zero-order valence-corrected chi connectivity index (χ0v) is 12.1. The molecular weight excluding hydrogens is 252 g/mol. The van der Waals surface area contributed by atoms with Crippen LogP contribution in [0.4, 0.5) is 0 Å². The van der Waals surface area contributed by atoms with Crippen LogP contribution in [0.25, 0.3) is 0 Å². The second-order valence-corrected chi connectivity index (χ2v) is 5.43. The quantitative estimate of drug-likeness (QED) is 0.912. The molecule has 1 aromatic rings. The van der Waals surface area contributed by atoms with Crippen molar-refractivity contribution in [2.75, 3.05) is 13.1 Å². The topological polar surface area (TPSA) is 49.4 Å². The Labute approximate surface area is 120 Å². The molecule has 4 nitrogen and oxygen atoms in total. The van der Waals surface area contributed by atoms with E-state index in [1.165, 1.54) is 12.5 Å². The third kappa shape index (κ3) is 3.38. The van der Waals surface area contributed by atoms with Gasteiger partial charge < -0.3 is 10.2 Å². The summed E-state index contributed by atoms with van der Waals surface area (Å²) >= 11 is 0. The molecule has 1 N–H and O–H groups in total. The number of hydrogen-bond donors (Lipinski definition) is 1.